The molecule has 0 atom stereocenters. The molecule has 0 amide bonds. The van der Waals surface area contributed by atoms with Gasteiger partial charge in [0.05, 0.1) is 30.2 Å². The second-order valence-corrected chi connectivity index (χ2v) is 7.00. The number of imidazole rings is 1. The number of hydrogen-bond acceptors (Lipinski definition) is 5. The summed E-state index contributed by atoms with van der Waals surface area (Å²) < 4.78 is 7.46. The third kappa shape index (κ3) is 2.55. The predicted octanol–water partition coefficient (Wildman–Crippen LogP) is 2.76. The van der Waals surface area contributed by atoms with E-state index >= 15 is 0 Å². The highest BCUT2D eigenvalue weighted by Crippen LogP contribution is 2.38. The Kier molecular flexibility index (Phi) is 3.77. The zero-order chi connectivity index (χ0) is 18.4. The molecule has 0 saturated carbocycles. The predicted molar refractivity (Wildman–Crippen MR) is 102 cm³/mol. The van der Waals surface area contributed by atoms with Crippen molar-refractivity contribution in [3.63, 3.8) is 0 Å². The second-order valence-electron chi connectivity index (χ2n) is 5.98. The highest BCUT2D eigenvalue weighted by atomic mass is 32.1. The third-order valence-corrected chi connectivity index (χ3v) is 5.52. The number of H-pyrrole nitrogens is 2. The summed E-state index contributed by atoms with van der Waals surface area (Å²) in [5.41, 5.74) is 2.67. The normalized spacial score (nSPS) is 11.2. The van der Waals surface area contributed by atoms with Crippen LogP contribution in [0.15, 0.2) is 40.3 Å². The van der Waals surface area contributed by atoms with Crippen molar-refractivity contribution in [2.75, 3.05) is 7.11 Å². The number of rotatable bonds is 3. The molecular weight excluding hydrogens is 352 g/mol. The van der Waals surface area contributed by atoms with E-state index in [-0.39, 0.29) is 5.56 Å². The molecule has 0 fully saturated rings. The van der Waals surface area contributed by atoms with Gasteiger partial charge in [0.15, 0.2) is 0 Å². The van der Waals surface area contributed by atoms with Gasteiger partial charge in [-0.2, -0.15) is 0 Å². The maximum atomic E-state index is 12.1. The fourth-order valence-corrected chi connectivity index (χ4v) is 4.23. The van der Waals surface area contributed by atoms with Gasteiger partial charge in [0, 0.05) is 11.1 Å². The highest BCUT2D eigenvalue weighted by Gasteiger charge is 2.16. The van der Waals surface area contributed by atoms with Gasteiger partial charge in [0.1, 0.15) is 10.6 Å². The number of nitrogens with one attached hydrogen (secondary N) is 2. The number of benzene rings is 1. The van der Waals surface area contributed by atoms with Gasteiger partial charge in [-0.25, -0.2) is 9.78 Å². The Hall–Kier alpha value is -3.13. The van der Waals surface area contributed by atoms with E-state index in [4.69, 9.17) is 4.74 Å². The fraction of sp³-hybridized carbons (Fsp3) is 0.167. The average Bonchev–Trinajstić information content (AvgIpc) is 3.18. The van der Waals surface area contributed by atoms with Gasteiger partial charge in [-0.1, -0.05) is 6.07 Å². The number of aryl methyl sites for hydroxylation is 2. The summed E-state index contributed by atoms with van der Waals surface area (Å²) in [6.07, 6.45) is 3.66. The monoisotopic (exact) mass is 368 g/mol. The van der Waals surface area contributed by atoms with Crippen molar-refractivity contribution in [2.45, 2.75) is 13.8 Å². The van der Waals surface area contributed by atoms with Crippen LogP contribution in [0.25, 0.3) is 26.3 Å². The minimum atomic E-state index is -0.501. The lowest BCUT2D eigenvalue weighted by Crippen LogP contribution is -2.21. The van der Waals surface area contributed by atoms with Crippen molar-refractivity contribution in [3.05, 3.63) is 62.8 Å². The van der Waals surface area contributed by atoms with Crippen molar-refractivity contribution in [1.29, 1.82) is 0 Å². The second kappa shape index (κ2) is 5.99. The molecular formula is C18H16N4O3S. The summed E-state index contributed by atoms with van der Waals surface area (Å²) in [6, 6.07) is 5.85. The lowest BCUT2D eigenvalue weighted by Gasteiger charge is -2.11. The number of nitrogens with zero attached hydrogens (tertiary/aromatic N) is 2. The molecule has 8 heteroatoms. The maximum Gasteiger partial charge on any atom is 0.326 e. The smallest absolute Gasteiger partial charge is 0.326 e. The van der Waals surface area contributed by atoms with E-state index in [1.54, 1.807) is 13.4 Å². The van der Waals surface area contributed by atoms with Crippen LogP contribution in [0, 0.1) is 13.8 Å². The third-order valence-electron chi connectivity index (χ3n) is 4.26. The van der Waals surface area contributed by atoms with Crippen LogP contribution in [0.1, 0.15) is 11.3 Å². The van der Waals surface area contributed by atoms with Gasteiger partial charge in [-0.15, -0.1) is 11.3 Å². The van der Waals surface area contributed by atoms with Crippen LogP contribution in [-0.2, 0) is 0 Å². The van der Waals surface area contributed by atoms with Gasteiger partial charge in [0.2, 0.25) is 0 Å². The molecule has 1 aromatic carbocycles. The summed E-state index contributed by atoms with van der Waals surface area (Å²) in [5, 5.41) is 0.512. The average molecular weight is 368 g/mol. The number of ether oxygens (including phenoxy) is 1. The Morgan fingerprint density at radius 2 is 2.00 bits per heavy atom. The van der Waals surface area contributed by atoms with Crippen molar-refractivity contribution in [3.8, 4) is 21.9 Å². The zero-order valence-electron chi connectivity index (χ0n) is 14.4. The Balaban J connectivity index is 1.90. The van der Waals surface area contributed by atoms with Crippen molar-refractivity contribution < 1.29 is 4.74 Å². The van der Waals surface area contributed by atoms with Crippen molar-refractivity contribution in [2.24, 2.45) is 0 Å². The number of thiophene rings is 1. The Morgan fingerprint density at radius 1 is 1.19 bits per heavy atom. The van der Waals surface area contributed by atoms with E-state index < -0.39 is 5.69 Å². The molecule has 3 heterocycles. The Bertz CT molecular complexity index is 1250. The summed E-state index contributed by atoms with van der Waals surface area (Å²) in [4.78, 5) is 34.4. The first kappa shape index (κ1) is 16.3. The van der Waals surface area contributed by atoms with Crippen LogP contribution in [0.5, 0.6) is 5.75 Å². The molecule has 0 aliphatic heterocycles. The van der Waals surface area contributed by atoms with E-state index in [1.807, 2.05) is 42.8 Å². The number of hydrogen-bond donors (Lipinski definition) is 2. The highest BCUT2D eigenvalue weighted by molar-refractivity contribution is 7.22. The van der Waals surface area contributed by atoms with Gasteiger partial charge >= 0.3 is 5.69 Å². The SMILES string of the molecule is COc1cc(-c2sc3[nH]c(=O)[nH]c(=O)c3c2C)ccc1-n1cnc(C)c1. The van der Waals surface area contributed by atoms with Crippen LogP contribution >= 0.6 is 11.3 Å². The molecule has 0 aliphatic rings. The number of methoxy groups -OCH3 is 1. The molecule has 3 aromatic heterocycles. The van der Waals surface area contributed by atoms with Crippen LogP contribution < -0.4 is 16.0 Å². The Labute approximate surface area is 151 Å². The molecule has 7 nitrogen and oxygen atoms in total. The molecule has 0 aliphatic carbocycles. The number of aromatic nitrogens is 4. The standard InChI is InChI=1S/C18H16N4O3S/c1-9-7-22(8-19-9)12-5-4-11(6-13(12)25-3)15-10(2)14-16(23)20-18(24)21-17(14)26-15/h4-8H,1-3H3,(H2,20,21,23,24). The summed E-state index contributed by atoms with van der Waals surface area (Å²) in [5.74, 6) is 0.694. The van der Waals surface area contributed by atoms with E-state index in [0.29, 0.717) is 16.0 Å². The molecule has 132 valence electrons. The van der Waals surface area contributed by atoms with Crippen LogP contribution in [0.3, 0.4) is 0 Å². The fourth-order valence-electron chi connectivity index (χ4n) is 3.04. The van der Waals surface area contributed by atoms with E-state index in [1.165, 1.54) is 11.3 Å². The van der Waals surface area contributed by atoms with Crippen molar-refractivity contribution >= 4 is 21.6 Å². The summed E-state index contributed by atoms with van der Waals surface area (Å²) in [7, 11) is 1.62. The first-order valence-corrected chi connectivity index (χ1v) is 8.74. The molecule has 0 bridgehead atoms. The lowest BCUT2D eigenvalue weighted by molar-refractivity contribution is 0.413. The van der Waals surface area contributed by atoms with Crippen LogP contribution in [0.2, 0.25) is 0 Å². The number of aromatic amines is 2. The molecule has 0 radical (unpaired) electrons. The van der Waals surface area contributed by atoms with E-state index in [9.17, 15) is 9.59 Å². The Morgan fingerprint density at radius 3 is 2.69 bits per heavy atom. The topological polar surface area (TPSA) is 92.8 Å². The van der Waals surface area contributed by atoms with Gasteiger partial charge in [0.25, 0.3) is 5.56 Å². The first-order valence-electron chi connectivity index (χ1n) is 7.93. The van der Waals surface area contributed by atoms with Gasteiger partial charge in [-0.05, 0) is 37.1 Å². The van der Waals surface area contributed by atoms with Crippen molar-refractivity contribution in [1.82, 2.24) is 19.5 Å². The zero-order valence-corrected chi connectivity index (χ0v) is 15.2. The molecule has 0 unspecified atom stereocenters. The van der Waals surface area contributed by atoms with Crippen LogP contribution in [-0.4, -0.2) is 26.6 Å². The largest absolute Gasteiger partial charge is 0.495 e. The van der Waals surface area contributed by atoms with Crippen LogP contribution in [0.4, 0.5) is 0 Å². The first-order chi connectivity index (χ1) is 12.5. The summed E-state index contributed by atoms with van der Waals surface area (Å²) >= 11 is 1.38. The van der Waals surface area contributed by atoms with Gasteiger partial charge in [-0.3, -0.25) is 14.8 Å². The molecule has 4 aromatic rings. The molecule has 0 spiro atoms. The number of fused-ring (bicyclic) bond motifs is 1. The van der Waals surface area contributed by atoms with Gasteiger partial charge < -0.3 is 9.30 Å². The maximum absolute atomic E-state index is 12.1. The molecule has 2 N–H and O–H groups in total. The molecule has 26 heavy (non-hydrogen) atoms. The van der Waals surface area contributed by atoms with E-state index in [2.05, 4.69) is 15.0 Å². The lowest BCUT2D eigenvalue weighted by atomic mass is 10.1. The summed E-state index contributed by atoms with van der Waals surface area (Å²) in [6.45, 7) is 3.80. The molecule has 0 saturated heterocycles. The quantitative estimate of drug-likeness (QED) is 0.581. The van der Waals surface area contributed by atoms with E-state index in [0.717, 1.165) is 27.4 Å². The minimum Gasteiger partial charge on any atom is -0.495 e. The molecule has 4 rings (SSSR count). The minimum absolute atomic E-state index is 0.374.